The number of fused-ring (bicyclic) bond motifs is 1. The van der Waals surface area contributed by atoms with Crippen LogP contribution in [0.2, 0.25) is 0 Å². The van der Waals surface area contributed by atoms with E-state index in [1.165, 1.54) is 18.1 Å². The lowest BCUT2D eigenvalue weighted by Gasteiger charge is -2.33. The topological polar surface area (TPSA) is 61.4 Å². The van der Waals surface area contributed by atoms with E-state index < -0.39 is 0 Å². The number of carbonyl (C=O) groups excluding carboxylic acids is 2. The molecule has 22 heavy (non-hydrogen) atoms. The van der Waals surface area contributed by atoms with Crippen molar-refractivity contribution in [2.24, 2.45) is 0 Å². The van der Waals surface area contributed by atoms with E-state index in [1.54, 1.807) is 0 Å². The lowest BCUT2D eigenvalue weighted by Crippen LogP contribution is -2.49. The zero-order chi connectivity index (χ0) is 14.8. The molecule has 0 aromatic heterocycles. The molecule has 3 rings (SSSR count). The summed E-state index contributed by atoms with van der Waals surface area (Å²) in [5, 5.41) is 6.21. The molecule has 1 atom stereocenters. The van der Waals surface area contributed by atoms with Gasteiger partial charge in [-0.2, -0.15) is 0 Å². The van der Waals surface area contributed by atoms with Crippen molar-refractivity contribution in [2.45, 2.75) is 38.9 Å². The van der Waals surface area contributed by atoms with Crippen LogP contribution in [0.15, 0.2) is 18.2 Å². The van der Waals surface area contributed by atoms with Crippen LogP contribution in [-0.2, 0) is 17.9 Å². The van der Waals surface area contributed by atoms with E-state index in [2.05, 4.69) is 10.6 Å². The first kappa shape index (κ1) is 16.8. The number of rotatable bonds is 2. The number of nitrogens with zero attached hydrogens (tertiary/aromatic N) is 1. The van der Waals surface area contributed by atoms with Crippen molar-refractivity contribution in [3.05, 3.63) is 34.9 Å². The molecule has 6 heteroatoms. The van der Waals surface area contributed by atoms with Crippen LogP contribution in [0.5, 0.6) is 0 Å². The quantitative estimate of drug-likeness (QED) is 0.866. The van der Waals surface area contributed by atoms with E-state index >= 15 is 0 Å². The fourth-order valence-corrected chi connectivity index (χ4v) is 3.18. The lowest BCUT2D eigenvalue weighted by molar-refractivity contribution is -0.120. The minimum Gasteiger partial charge on any atom is -0.352 e. The minimum absolute atomic E-state index is 0. The van der Waals surface area contributed by atoms with Gasteiger partial charge in [0.1, 0.15) is 0 Å². The summed E-state index contributed by atoms with van der Waals surface area (Å²) in [7, 11) is 0. The molecule has 2 N–H and O–H groups in total. The molecule has 1 fully saturated rings. The number of piperidine rings is 1. The predicted molar refractivity (Wildman–Crippen MR) is 87.0 cm³/mol. The van der Waals surface area contributed by atoms with E-state index in [0.717, 1.165) is 38.0 Å². The molecule has 1 aromatic carbocycles. The van der Waals surface area contributed by atoms with Gasteiger partial charge in [-0.3, -0.25) is 9.59 Å². The molecule has 0 bridgehead atoms. The molecular weight excluding hydrogens is 302 g/mol. The third kappa shape index (κ3) is 3.59. The molecule has 1 aromatic rings. The highest BCUT2D eigenvalue weighted by Crippen LogP contribution is 2.20. The van der Waals surface area contributed by atoms with E-state index in [-0.39, 0.29) is 30.3 Å². The smallest absolute Gasteiger partial charge is 0.253 e. The van der Waals surface area contributed by atoms with E-state index in [0.29, 0.717) is 6.54 Å². The van der Waals surface area contributed by atoms with Gasteiger partial charge in [0.15, 0.2) is 0 Å². The number of hydrogen-bond donors (Lipinski definition) is 2. The van der Waals surface area contributed by atoms with Gasteiger partial charge in [0.05, 0.1) is 0 Å². The van der Waals surface area contributed by atoms with Crippen molar-refractivity contribution < 1.29 is 9.59 Å². The Kier molecular flexibility index (Phi) is 5.42. The molecule has 1 saturated heterocycles. The number of nitrogens with one attached hydrogen (secondary N) is 2. The second-order valence-corrected chi connectivity index (χ2v) is 5.88. The van der Waals surface area contributed by atoms with E-state index in [1.807, 2.05) is 23.1 Å². The van der Waals surface area contributed by atoms with Gasteiger partial charge in [0, 0.05) is 44.7 Å². The zero-order valence-electron chi connectivity index (χ0n) is 12.7. The summed E-state index contributed by atoms with van der Waals surface area (Å²) in [6.07, 6.45) is 1.88. The summed E-state index contributed by atoms with van der Waals surface area (Å²) < 4.78 is 0. The maximum Gasteiger partial charge on any atom is 0.253 e. The molecule has 5 nitrogen and oxygen atoms in total. The van der Waals surface area contributed by atoms with Crippen molar-refractivity contribution in [1.29, 1.82) is 0 Å². The molecule has 0 spiro atoms. The summed E-state index contributed by atoms with van der Waals surface area (Å²) in [4.78, 5) is 25.6. The van der Waals surface area contributed by atoms with Crippen LogP contribution in [0.4, 0.5) is 0 Å². The summed E-state index contributed by atoms with van der Waals surface area (Å²) in [6, 6.07) is 6.03. The Morgan fingerprint density at radius 3 is 2.82 bits per heavy atom. The zero-order valence-corrected chi connectivity index (χ0v) is 13.5. The van der Waals surface area contributed by atoms with Gasteiger partial charge in [-0.25, -0.2) is 0 Å². The van der Waals surface area contributed by atoms with Gasteiger partial charge in [0.2, 0.25) is 5.91 Å². The lowest BCUT2D eigenvalue weighted by atomic mass is 10.0. The number of amides is 2. The predicted octanol–water partition coefficient (Wildman–Crippen LogP) is 1.45. The van der Waals surface area contributed by atoms with Crippen molar-refractivity contribution in [2.75, 3.05) is 13.1 Å². The number of hydrogen-bond acceptors (Lipinski definition) is 3. The van der Waals surface area contributed by atoms with Gasteiger partial charge in [-0.15, -0.1) is 12.4 Å². The first-order valence-electron chi connectivity index (χ1n) is 7.52. The van der Waals surface area contributed by atoms with Gasteiger partial charge in [-0.05, 0) is 36.1 Å². The molecule has 0 saturated carbocycles. The van der Waals surface area contributed by atoms with E-state index in [4.69, 9.17) is 0 Å². The Morgan fingerprint density at radius 2 is 2.05 bits per heavy atom. The maximum absolute atomic E-state index is 12.6. The van der Waals surface area contributed by atoms with Crippen LogP contribution < -0.4 is 10.6 Å². The molecule has 1 unspecified atom stereocenters. The molecule has 0 aliphatic carbocycles. The Balaban J connectivity index is 0.00000176. The maximum atomic E-state index is 12.6. The second-order valence-electron chi connectivity index (χ2n) is 5.88. The highest BCUT2D eigenvalue weighted by atomic mass is 35.5. The fourth-order valence-electron chi connectivity index (χ4n) is 3.18. The fraction of sp³-hybridized carbons (Fsp3) is 0.500. The molecular formula is C16H22ClN3O2. The third-order valence-corrected chi connectivity index (χ3v) is 4.20. The average Bonchev–Trinajstić information content (AvgIpc) is 2.93. The molecule has 2 amide bonds. The largest absolute Gasteiger partial charge is 0.352 e. The second kappa shape index (κ2) is 7.11. The molecule has 2 heterocycles. The SMILES string of the molecule is CC(=O)NC1CCCN(C(=O)c2ccc3c(c2)CNC3)C1.Cl. The van der Waals surface area contributed by atoms with Gasteiger partial charge < -0.3 is 15.5 Å². The summed E-state index contributed by atoms with van der Waals surface area (Å²) in [6.45, 7) is 4.62. The third-order valence-electron chi connectivity index (χ3n) is 4.20. The van der Waals surface area contributed by atoms with Crippen LogP contribution in [-0.4, -0.2) is 35.8 Å². The van der Waals surface area contributed by atoms with Crippen LogP contribution in [0.3, 0.4) is 0 Å². The van der Waals surface area contributed by atoms with Crippen LogP contribution in [0.25, 0.3) is 0 Å². The van der Waals surface area contributed by atoms with Crippen molar-refractivity contribution in [1.82, 2.24) is 15.5 Å². The summed E-state index contributed by atoms with van der Waals surface area (Å²) in [5.74, 6) is 0.0395. The standard InChI is InChI=1S/C16H21N3O2.ClH/c1-11(20)18-15-3-2-6-19(10-15)16(21)12-4-5-13-8-17-9-14(13)7-12;/h4-5,7,15,17H,2-3,6,8-10H2,1H3,(H,18,20);1H. The van der Waals surface area contributed by atoms with Crippen molar-refractivity contribution in [3.8, 4) is 0 Å². The molecule has 120 valence electrons. The van der Waals surface area contributed by atoms with Crippen LogP contribution >= 0.6 is 12.4 Å². The Morgan fingerprint density at radius 1 is 1.27 bits per heavy atom. The van der Waals surface area contributed by atoms with Crippen LogP contribution in [0.1, 0.15) is 41.3 Å². The average molecular weight is 324 g/mol. The highest BCUT2D eigenvalue weighted by Gasteiger charge is 2.25. The van der Waals surface area contributed by atoms with Crippen LogP contribution in [0, 0.1) is 0 Å². The molecule has 0 radical (unpaired) electrons. The van der Waals surface area contributed by atoms with Gasteiger partial charge >= 0.3 is 0 Å². The minimum atomic E-state index is -0.0297. The number of benzene rings is 1. The number of carbonyl (C=O) groups is 2. The first-order valence-corrected chi connectivity index (χ1v) is 7.52. The van der Waals surface area contributed by atoms with E-state index in [9.17, 15) is 9.59 Å². The number of likely N-dealkylation sites (tertiary alicyclic amines) is 1. The molecule has 2 aliphatic rings. The Bertz CT molecular complexity index is 577. The summed E-state index contributed by atoms with van der Waals surface area (Å²) >= 11 is 0. The summed E-state index contributed by atoms with van der Waals surface area (Å²) in [5.41, 5.74) is 3.25. The van der Waals surface area contributed by atoms with Gasteiger partial charge in [0.25, 0.3) is 5.91 Å². The Hall–Kier alpha value is -1.59. The normalized spacial score (nSPS) is 20.0. The van der Waals surface area contributed by atoms with Crippen molar-refractivity contribution >= 4 is 24.2 Å². The monoisotopic (exact) mass is 323 g/mol. The molecule has 2 aliphatic heterocycles. The van der Waals surface area contributed by atoms with Crippen molar-refractivity contribution in [3.63, 3.8) is 0 Å². The Labute approximate surface area is 136 Å². The highest BCUT2D eigenvalue weighted by molar-refractivity contribution is 5.94. The number of halogens is 1. The first-order chi connectivity index (χ1) is 10.1. The van der Waals surface area contributed by atoms with Gasteiger partial charge in [-0.1, -0.05) is 6.07 Å².